The number of aromatic nitrogens is 1. The van der Waals surface area contributed by atoms with Gasteiger partial charge in [-0.25, -0.2) is 4.99 Å². The topological polar surface area (TPSA) is 43.3 Å². The van der Waals surface area contributed by atoms with Crippen LogP contribution in [0, 0.1) is 0 Å². The molecule has 4 heteroatoms. The van der Waals surface area contributed by atoms with Gasteiger partial charge < -0.3 is 10.3 Å². The second-order valence-electron chi connectivity index (χ2n) is 5.67. The van der Waals surface area contributed by atoms with Crippen LogP contribution in [0.2, 0.25) is 0 Å². The fourth-order valence-electron chi connectivity index (χ4n) is 2.69. The van der Waals surface area contributed by atoms with Crippen LogP contribution in [0.1, 0.15) is 10.4 Å². The van der Waals surface area contributed by atoms with Crippen molar-refractivity contribution in [1.82, 2.24) is 4.57 Å². The van der Waals surface area contributed by atoms with Gasteiger partial charge in [0, 0.05) is 17.8 Å². The molecule has 2 aromatic heterocycles. The Morgan fingerprint density at radius 1 is 1.00 bits per heavy atom. The maximum absolute atomic E-state index is 6.10. The van der Waals surface area contributed by atoms with Crippen LogP contribution in [0.25, 0.3) is 23.2 Å². The van der Waals surface area contributed by atoms with Crippen molar-refractivity contribution in [1.29, 1.82) is 0 Å². The van der Waals surface area contributed by atoms with Crippen LogP contribution in [-0.2, 0) is 0 Å². The van der Waals surface area contributed by atoms with Crippen LogP contribution >= 0.6 is 11.3 Å². The zero-order valence-corrected chi connectivity index (χ0v) is 14.4. The minimum atomic E-state index is 0.548. The van der Waals surface area contributed by atoms with Crippen LogP contribution < -0.4 is 5.73 Å². The quantitative estimate of drug-likeness (QED) is 0.393. The first-order valence-electron chi connectivity index (χ1n) is 8.01. The number of nitrogens with zero attached hydrogens (tertiary/aromatic N) is 2. The minimum absolute atomic E-state index is 0.548. The third kappa shape index (κ3) is 3.39. The first-order chi connectivity index (χ1) is 12.3. The van der Waals surface area contributed by atoms with Gasteiger partial charge in [-0.2, -0.15) is 0 Å². The molecule has 4 aromatic rings. The number of amidine groups is 1. The van der Waals surface area contributed by atoms with Crippen LogP contribution in [0.15, 0.2) is 83.3 Å². The van der Waals surface area contributed by atoms with Crippen LogP contribution in [0.5, 0.6) is 0 Å². The summed E-state index contributed by atoms with van der Waals surface area (Å²) in [5.74, 6) is 0.548. The molecule has 4 rings (SSSR count). The van der Waals surface area contributed by atoms with Crippen molar-refractivity contribution in [3.63, 3.8) is 0 Å². The van der Waals surface area contributed by atoms with Gasteiger partial charge >= 0.3 is 0 Å². The van der Waals surface area contributed by atoms with Gasteiger partial charge in [0.25, 0.3) is 0 Å². The molecule has 122 valence electrons. The molecular weight excluding hydrogens is 326 g/mol. The highest BCUT2D eigenvalue weighted by molar-refractivity contribution is 7.12. The third-order valence-corrected chi connectivity index (χ3v) is 4.85. The smallest absolute Gasteiger partial charge is 0.141 e. The second kappa shape index (κ2) is 6.79. The molecule has 0 unspecified atom stereocenters. The summed E-state index contributed by atoms with van der Waals surface area (Å²) in [6, 6.07) is 22.4. The van der Waals surface area contributed by atoms with E-state index in [1.165, 1.54) is 10.9 Å². The highest BCUT2D eigenvalue weighted by atomic mass is 32.1. The number of benzene rings is 2. The highest BCUT2D eigenvalue weighted by Crippen LogP contribution is 2.24. The third-order valence-electron chi connectivity index (χ3n) is 3.96. The minimum Gasteiger partial charge on any atom is -0.383 e. The Morgan fingerprint density at radius 3 is 2.68 bits per heavy atom. The SMILES string of the molecule is NC(=Nc1ccc2ccn(C=Cc3ccccc3)c2c1)c1cccs1. The maximum atomic E-state index is 6.10. The molecule has 0 aliphatic heterocycles. The molecule has 2 N–H and O–H groups in total. The summed E-state index contributed by atoms with van der Waals surface area (Å²) in [5.41, 5.74) is 9.23. The predicted molar refractivity (Wildman–Crippen MR) is 108 cm³/mol. The maximum Gasteiger partial charge on any atom is 0.141 e. The van der Waals surface area contributed by atoms with Crippen molar-refractivity contribution >= 4 is 46.0 Å². The molecule has 0 saturated carbocycles. The molecule has 0 radical (unpaired) electrons. The lowest BCUT2D eigenvalue weighted by molar-refractivity contribution is 1.23. The van der Waals surface area contributed by atoms with E-state index >= 15 is 0 Å². The molecule has 0 aliphatic rings. The fraction of sp³-hybridized carbons (Fsp3) is 0. The van der Waals surface area contributed by atoms with E-state index in [2.05, 4.69) is 58.4 Å². The lowest BCUT2D eigenvalue weighted by Gasteiger charge is -2.02. The first-order valence-corrected chi connectivity index (χ1v) is 8.89. The summed E-state index contributed by atoms with van der Waals surface area (Å²) in [4.78, 5) is 5.54. The molecule has 0 atom stereocenters. The van der Waals surface area contributed by atoms with E-state index in [0.29, 0.717) is 5.84 Å². The molecule has 0 bridgehead atoms. The molecule has 0 amide bonds. The average molecular weight is 343 g/mol. The largest absolute Gasteiger partial charge is 0.383 e. The van der Waals surface area contributed by atoms with E-state index in [4.69, 9.17) is 5.73 Å². The summed E-state index contributed by atoms with van der Waals surface area (Å²) in [6.45, 7) is 0. The van der Waals surface area contributed by atoms with Crippen molar-refractivity contribution in [2.75, 3.05) is 0 Å². The Hall–Kier alpha value is -3.11. The van der Waals surface area contributed by atoms with Gasteiger partial charge in [-0.1, -0.05) is 42.5 Å². The van der Waals surface area contributed by atoms with Crippen molar-refractivity contribution in [3.05, 3.63) is 88.7 Å². The molecule has 2 aromatic carbocycles. The average Bonchev–Trinajstić information content (AvgIpc) is 3.31. The lowest BCUT2D eigenvalue weighted by atomic mass is 10.2. The molecule has 2 heterocycles. The Balaban J connectivity index is 1.68. The zero-order chi connectivity index (χ0) is 17.1. The summed E-state index contributed by atoms with van der Waals surface area (Å²) in [7, 11) is 0. The number of hydrogen-bond donors (Lipinski definition) is 1. The second-order valence-corrected chi connectivity index (χ2v) is 6.61. The summed E-state index contributed by atoms with van der Waals surface area (Å²) in [6.07, 6.45) is 6.21. The molecule has 3 nitrogen and oxygen atoms in total. The van der Waals surface area contributed by atoms with Gasteiger partial charge in [0.05, 0.1) is 16.1 Å². The van der Waals surface area contributed by atoms with E-state index in [9.17, 15) is 0 Å². The van der Waals surface area contributed by atoms with Gasteiger partial charge in [0.1, 0.15) is 5.84 Å². The van der Waals surface area contributed by atoms with Crippen LogP contribution in [0.4, 0.5) is 5.69 Å². The van der Waals surface area contributed by atoms with Gasteiger partial charge in [0.2, 0.25) is 0 Å². The van der Waals surface area contributed by atoms with E-state index in [-0.39, 0.29) is 0 Å². The molecule has 0 fully saturated rings. The van der Waals surface area contributed by atoms with Crippen LogP contribution in [0.3, 0.4) is 0 Å². The van der Waals surface area contributed by atoms with Gasteiger partial charge in [0.15, 0.2) is 0 Å². The normalized spacial score (nSPS) is 12.2. The Kier molecular flexibility index (Phi) is 4.19. The molecular formula is C21H17N3S. The zero-order valence-electron chi connectivity index (χ0n) is 13.5. The number of thiophene rings is 1. The standard InChI is InChI=1S/C21H17N3S/c22-21(20-7-4-14-25-20)23-18-9-8-17-11-13-24(19(17)15-18)12-10-16-5-2-1-3-6-16/h1-15H,(H2,22,23). The highest BCUT2D eigenvalue weighted by Gasteiger charge is 2.03. The van der Waals surface area contributed by atoms with Crippen molar-refractivity contribution in [2.24, 2.45) is 10.7 Å². The van der Waals surface area contributed by atoms with Gasteiger partial charge in [-0.15, -0.1) is 11.3 Å². The lowest BCUT2D eigenvalue weighted by Crippen LogP contribution is -2.10. The van der Waals surface area contributed by atoms with E-state index in [1.807, 2.05) is 41.8 Å². The van der Waals surface area contributed by atoms with E-state index in [1.54, 1.807) is 11.3 Å². The Labute approximate surface area is 150 Å². The van der Waals surface area contributed by atoms with Crippen molar-refractivity contribution < 1.29 is 0 Å². The number of hydrogen-bond acceptors (Lipinski definition) is 2. The Morgan fingerprint density at radius 2 is 1.88 bits per heavy atom. The molecule has 0 aliphatic carbocycles. The first kappa shape index (κ1) is 15.4. The number of aliphatic imine (C=N–C) groups is 1. The van der Waals surface area contributed by atoms with Crippen molar-refractivity contribution in [2.45, 2.75) is 0 Å². The summed E-state index contributed by atoms with van der Waals surface area (Å²) in [5, 5.41) is 3.17. The van der Waals surface area contributed by atoms with E-state index in [0.717, 1.165) is 16.1 Å². The molecule has 0 spiro atoms. The van der Waals surface area contributed by atoms with E-state index < -0.39 is 0 Å². The Bertz CT molecular complexity index is 1040. The van der Waals surface area contributed by atoms with Crippen LogP contribution in [-0.4, -0.2) is 10.4 Å². The molecule has 0 saturated heterocycles. The number of nitrogens with two attached hydrogens (primary N) is 1. The monoisotopic (exact) mass is 343 g/mol. The van der Waals surface area contributed by atoms with Crippen molar-refractivity contribution in [3.8, 4) is 0 Å². The van der Waals surface area contributed by atoms with Gasteiger partial charge in [-0.3, -0.25) is 0 Å². The van der Waals surface area contributed by atoms with Gasteiger partial charge in [-0.05, 0) is 41.3 Å². The predicted octanol–water partition coefficient (Wildman–Crippen LogP) is 5.37. The number of fused-ring (bicyclic) bond motifs is 1. The summed E-state index contributed by atoms with van der Waals surface area (Å²) < 4.78 is 2.10. The number of rotatable bonds is 4. The fourth-order valence-corrected chi connectivity index (χ4v) is 3.31. The summed E-state index contributed by atoms with van der Waals surface area (Å²) >= 11 is 1.59. The molecule has 25 heavy (non-hydrogen) atoms.